The van der Waals surface area contributed by atoms with Crippen molar-refractivity contribution in [2.24, 2.45) is 0 Å². The van der Waals surface area contributed by atoms with Gasteiger partial charge in [0.2, 0.25) is 0 Å². The Balaban J connectivity index is 1.44. The molecule has 0 radical (unpaired) electrons. The van der Waals surface area contributed by atoms with E-state index in [2.05, 4.69) is 43.0 Å². The fraction of sp³-hybridized carbons (Fsp3) is 0.375. The number of hydrogen-bond acceptors (Lipinski definition) is 6. The average Bonchev–Trinajstić information content (AvgIpc) is 3.10. The lowest BCUT2D eigenvalue weighted by molar-refractivity contribution is 0.476. The molecule has 3 aromatic heterocycles. The smallest absolute Gasteiger partial charge is 0.153 e. The molecule has 0 saturated carbocycles. The van der Waals surface area contributed by atoms with Crippen molar-refractivity contribution in [1.82, 2.24) is 24.6 Å². The number of hydrogen-bond donors (Lipinski definition) is 0. The van der Waals surface area contributed by atoms with Gasteiger partial charge in [-0.2, -0.15) is 0 Å². The lowest BCUT2D eigenvalue weighted by atomic mass is 10.0. The molecule has 1 saturated heterocycles. The van der Waals surface area contributed by atoms with Crippen LogP contribution >= 0.6 is 0 Å². The van der Waals surface area contributed by atoms with E-state index in [1.54, 1.807) is 18.7 Å². The minimum Gasteiger partial charge on any atom is -0.356 e. The van der Waals surface area contributed by atoms with Gasteiger partial charge in [-0.15, -0.1) is 5.10 Å². The Bertz CT molecular complexity index is 777. The summed E-state index contributed by atoms with van der Waals surface area (Å²) in [6, 6.07) is 6.53. The fourth-order valence-corrected chi connectivity index (χ4v) is 3.14. The molecule has 0 aromatic carbocycles. The molecule has 7 nitrogen and oxygen atoms in total. The zero-order chi connectivity index (χ0) is 15.6. The second kappa shape index (κ2) is 5.83. The number of fused-ring (bicyclic) bond motifs is 1. The van der Waals surface area contributed by atoms with E-state index < -0.39 is 0 Å². The highest BCUT2D eigenvalue weighted by Crippen LogP contribution is 2.23. The Morgan fingerprint density at radius 3 is 2.74 bits per heavy atom. The molecule has 3 aromatic rings. The number of imidazole rings is 1. The van der Waals surface area contributed by atoms with Crippen molar-refractivity contribution in [2.45, 2.75) is 18.9 Å². The van der Waals surface area contributed by atoms with Crippen molar-refractivity contribution in [3.05, 3.63) is 43.1 Å². The van der Waals surface area contributed by atoms with E-state index in [1.165, 1.54) is 0 Å². The summed E-state index contributed by atoms with van der Waals surface area (Å²) in [5, 5.41) is 4.63. The number of piperidine rings is 1. The quantitative estimate of drug-likeness (QED) is 0.733. The van der Waals surface area contributed by atoms with Crippen LogP contribution in [-0.2, 0) is 0 Å². The Labute approximate surface area is 134 Å². The maximum atomic E-state index is 4.63. The molecule has 0 bridgehead atoms. The van der Waals surface area contributed by atoms with E-state index in [0.29, 0.717) is 6.04 Å². The van der Waals surface area contributed by atoms with Gasteiger partial charge in [-0.05, 0) is 31.0 Å². The van der Waals surface area contributed by atoms with Crippen LogP contribution < -0.4 is 9.80 Å². The molecule has 118 valence electrons. The third-order valence-electron chi connectivity index (χ3n) is 4.50. The molecule has 0 atom stereocenters. The van der Waals surface area contributed by atoms with Crippen molar-refractivity contribution in [3.63, 3.8) is 0 Å². The SMILES string of the molecule is CN(c1ccncn1)C1CCN(c2ccc3nccn3n2)CC1. The number of anilines is 2. The summed E-state index contributed by atoms with van der Waals surface area (Å²) in [6.07, 6.45) is 9.22. The van der Waals surface area contributed by atoms with E-state index in [1.807, 2.05) is 22.8 Å². The topological polar surface area (TPSA) is 62.5 Å². The molecular weight excluding hydrogens is 290 g/mol. The van der Waals surface area contributed by atoms with Gasteiger partial charge in [-0.3, -0.25) is 0 Å². The summed E-state index contributed by atoms with van der Waals surface area (Å²) < 4.78 is 1.83. The first-order valence-corrected chi connectivity index (χ1v) is 7.85. The molecule has 7 heteroatoms. The third-order valence-corrected chi connectivity index (χ3v) is 4.50. The van der Waals surface area contributed by atoms with Gasteiger partial charge in [-0.25, -0.2) is 19.5 Å². The lowest BCUT2D eigenvalue weighted by Gasteiger charge is -2.37. The van der Waals surface area contributed by atoms with Crippen LogP contribution in [0.2, 0.25) is 0 Å². The highest BCUT2D eigenvalue weighted by molar-refractivity contribution is 5.46. The second-order valence-corrected chi connectivity index (χ2v) is 5.82. The van der Waals surface area contributed by atoms with Crippen LogP contribution in [0.15, 0.2) is 43.1 Å². The summed E-state index contributed by atoms with van der Waals surface area (Å²) in [5.74, 6) is 2.00. The molecule has 4 heterocycles. The molecule has 0 spiro atoms. The molecular formula is C16H19N7. The van der Waals surface area contributed by atoms with E-state index in [4.69, 9.17) is 0 Å². The van der Waals surface area contributed by atoms with Crippen molar-refractivity contribution in [3.8, 4) is 0 Å². The summed E-state index contributed by atoms with van der Waals surface area (Å²) in [5.41, 5.74) is 0.882. The molecule has 0 amide bonds. The monoisotopic (exact) mass is 309 g/mol. The first-order valence-electron chi connectivity index (χ1n) is 7.85. The largest absolute Gasteiger partial charge is 0.356 e. The highest BCUT2D eigenvalue weighted by atomic mass is 15.3. The number of rotatable bonds is 3. The van der Waals surface area contributed by atoms with Crippen LogP contribution in [0.25, 0.3) is 5.65 Å². The molecule has 0 aliphatic carbocycles. The predicted octanol–water partition coefficient (Wildman–Crippen LogP) is 1.62. The molecule has 1 fully saturated rings. The standard InChI is InChI=1S/C16H19N7/c1-21(14-4-7-17-12-19-14)13-5-9-22(10-6-13)16-3-2-15-18-8-11-23(15)20-16/h2-4,7-8,11-13H,5-6,9-10H2,1H3. The van der Waals surface area contributed by atoms with Gasteiger partial charge in [0.25, 0.3) is 0 Å². The summed E-state index contributed by atoms with van der Waals surface area (Å²) in [7, 11) is 2.11. The van der Waals surface area contributed by atoms with Crippen molar-refractivity contribution in [1.29, 1.82) is 0 Å². The van der Waals surface area contributed by atoms with Gasteiger partial charge < -0.3 is 9.80 Å². The number of aromatic nitrogens is 5. The Hall–Kier alpha value is -2.70. The van der Waals surface area contributed by atoms with E-state index >= 15 is 0 Å². The molecule has 0 N–H and O–H groups in total. The molecule has 4 rings (SSSR count). The van der Waals surface area contributed by atoms with Crippen LogP contribution in [0.1, 0.15) is 12.8 Å². The summed E-state index contributed by atoms with van der Waals surface area (Å²) in [6.45, 7) is 1.99. The Kier molecular flexibility index (Phi) is 3.53. The summed E-state index contributed by atoms with van der Waals surface area (Å²) in [4.78, 5) is 17.2. The minimum absolute atomic E-state index is 0.498. The van der Waals surface area contributed by atoms with Crippen molar-refractivity contribution in [2.75, 3.05) is 29.9 Å². The third kappa shape index (κ3) is 2.69. The van der Waals surface area contributed by atoms with E-state index in [-0.39, 0.29) is 0 Å². The Morgan fingerprint density at radius 2 is 1.96 bits per heavy atom. The summed E-state index contributed by atoms with van der Waals surface area (Å²) >= 11 is 0. The van der Waals surface area contributed by atoms with Crippen molar-refractivity contribution >= 4 is 17.3 Å². The second-order valence-electron chi connectivity index (χ2n) is 5.82. The zero-order valence-electron chi connectivity index (χ0n) is 13.1. The number of nitrogens with zero attached hydrogens (tertiary/aromatic N) is 7. The zero-order valence-corrected chi connectivity index (χ0v) is 13.1. The van der Waals surface area contributed by atoms with Crippen molar-refractivity contribution < 1.29 is 0 Å². The van der Waals surface area contributed by atoms with E-state index in [9.17, 15) is 0 Å². The van der Waals surface area contributed by atoms with Gasteiger partial charge in [0.1, 0.15) is 18.0 Å². The molecule has 23 heavy (non-hydrogen) atoms. The maximum absolute atomic E-state index is 4.63. The predicted molar refractivity (Wildman–Crippen MR) is 88.7 cm³/mol. The molecule has 0 unspecified atom stereocenters. The Morgan fingerprint density at radius 1 is 1.09 bits per heavy atom. The van der Waals surface area contributed by atoms with Crippen LogP contribution in [0.3, 0.4) is 0 Å². The lowest BCUT2D eigenvalue weighted by Crippen LogP contribution is -2.44. The van der Waals surface area contributed by atoms with Crippen LogP contribution in [0.4, 0.5) is 11.6 Å². The van der Waals surface area contributed by atoms with Gasteiger partial charge in [0, 0.05) is 44.8 Å². The fourth-order valence-electron chi connectivity index (χ4n) is 3.14. The molecule has 1 aliphatic rings. The van der Waals surface area contributed by atoms with Gasteiger partial charge in [0.05, 0.1) is 0 Å². The average molecular weight is 309 g/mol. The molecule has 1 aliphatic heterocycles. The first kappa shape index (κ1) is 13.9. The van der Waals surface area contributed by atoms with Crippen LogP contribution in [0, 0.1) is 0 Å². The first-order chi connectivity index (χ1) is 11.3. The van der Waals surface area contributed by atoms with Gasteiger partial charge in [-0.1, -0.05) is 0 Å². The normalized spacial score (nSPS) is 16.0. The van der Waals surface area contributed by atoms with Gasteiger partial charge in [0.15, 0.2) is 5.65 Å². The minimum atomic E-state index is 0.498. The van der Waals surface area contributed by atoms with Gasteiger partial charge >= 0.3 is 0 Å². The van der Waals surface area contributed by atoms with Crippen LogP contribution in [0.5, 0.6) is 0 Å². The van der Waals surface area contributed by atoms with E-state index in [0.717, 1.165) is 43.2 Å². The van der Waals surface area contributed by atoms with Crippen LogP contribution in [-0.4, -0.2) is 50.7 Å². The maximum Gasteiger partial charge on any atom is 0.153 e. The highest BCUT2D eigenvalue weighted by Gasteiger charge is 2.24.